The number of nitrogens with one attached hydrogen (secondary N) is 1. The molecule has 0 spiro atoms. The first-order valence-corrected chi connectivity index (χ1v) is 6.52. The van der Waals surface area contributed by atoms with E-state index >= 15 is 0 Å². The summed E-state index contributed by atoms with van der Waals surface area (Å²) < 4.78 is 0. The van der Waals surface area contributed by atoms with Crippen LogP contribution >= 0.6 is 0 Å². The molecule has 0 saturated heterocycles. The number of hydrogen-bond acceptors (Lipinski definition) is 3. The number of carbonyl (C=O) groups is 1. The molecule has 1 aliphatic rings. The van der Waals surface area contributed by atoms with Crippen LogP contribution in [-0.4, -0.2) is 16.6 Å². The van der Waals surface area contributed by atoms with Crippen LogP contribution in [0.5, 0.6) is 0 Å². The first-order chi connectivity index (χ1) is 8.77. The standard InChI is InChI=1S/C14H19N3O/c1-11(12-7-9-15-10-8-12)16-17-14(18)13-5-3-2-4-6-13/h7-10,13H,2-6H2,1H3,(H,17,18). The van der Waals surface area contributed by atoms with Crippen molar-refractivity contribution in [2.45, 2.75) is 39.0 Å². The van der Waals surface area contributed by atoms with Crippen LogP contribution in [0.2, 0.25) is 0 Å². The summed E-state index contributed by atoms with van der Waals surface area (Å²) in [5.74, 6) is 0.204. The van der Waals surface area contributed by atoms with E-state index in [-0.39, 0.29) is 11.8 Å². The third kappa shape index (κ3) is 3.39. The van der Waals surface area contributed by atoms with Crippen LogP contribution in [0, 0.1) is 5.92 Å². The fraction of sp³-hybridized carbons (Fsp3) is 0.500. The van der Waals surface area contributed by atoms with Crippen LogP contribution in [0.15, 0.2) is 29.6 Å². The highest BCUT2D eigenvalue weighted by Gasteiger charge is 2.20. The van der Waals surface area contributed by atoms with Crippen LogP contribution in [-0.2, 0) is 4.79 Å². The third-order valence-corrected chi connectivity index (χ3v) is 3.41. The largest absolute Gasteiger partial charge is 0.273 e. The van der Waals surface area contributed by atoms with Crippen LogP contribution in [0.4, 0.5) is 0 Å². The molecule has 0 bridgehead atoms. The van der Waals surface area contributed by atoms with E-state index in [1.165, 1.54) is 6.42 Å². The Morgan fingerprint density at radius 3 is 2.61 bits per heavy atom. The highest BCUT2D eigenvalue weighted by molar-refractivity contribution is 5.99. The molecule has 18 heavy (non-hydrogen) atoms. The van der Waals surface area contributed by atoms with E-state index in [4.69, 9.17) is 0 Å². The molecule has 0 aliphatic heterocycles. The number of nitrogens with zero attached hydrogens (tertiary/aromatic N) is 2. The lowest BCUT2D eigenvalue weighted by molar-refractivity contribution is -0.125. The van der Waals surface area contributed by atoms with Gasteiger partial charge in [0, 0.05) is 23.9 Å². The van der Waals surface area contributed by atoms with Crippen molar-refractivity contribution in [2.24, 2.45) is 11.0 Å². The van der Waals surface area contributed by atoms with Gasteiger partial charge in [-0.05, 0) is 31.9 Å². The van der Waals surface area contributed by atoms with E-state index in [1.807, 2.05) is 19.1 Å². The van der Waals surface area contributed by atoms with Crippen LogP contribution in [0.3, 0.4) is 0 Å². The van der Waals surface area contributed by atoms with Crippen molar-refractivity contribution < 1.29 is 4.79 Å². The maximum absolute atomic E-state index is 11.9. The van der Waals surface area contributed by atoms with Crippen LogP contribution < -0.4 is 5.43 Å². The second-order valence-corrected chi connectivity index (χ2v) is 4.74. The van der Waals surface area contributed by atoms with Crippen molar-refractivity contribution in [1.29, 1.82) is 0 Å². The lowest BCUT2D eigenvalue weighted by Gasteiger charge is -2.19. The van der Waals surface area contributed by atoms with Gasteiger partial charge in [0.25, 0.3) is 0 Å². The SMILES string of the molecule is CC(=NNC(=O)C1CCCCC1)c1ccncc1. The Balaban J connectivity index is 1.91. The van der Waals surface area contributed by atoms with Gasteiger partial charge >= 0.3 is 0 Å². The summed E-state index contributed by atoms with van der Waals surface area (Å²) >= 11 is 0. The first kappa shape index (κ1) is 12.7. The number of aromatic nitrogens is 1. The average molecular weight is 245 g/mol. The molecule has 1 N–H and O–H groups in total. The summed E-state index contributed by atoms with van der Waals surface area (Å²) in [6.07, 6.45) is 9.00. The Morgan fingerprint density at radius 2 is 1.94 bits per heavy atom. The molecule has 0 radical (unpaired) electrons. The Hall–Kier alpha value is -1.71. The van der Waals surface area contributed by atoms with Gasteiger partial charge in [0.2, 0.25) is 5.91 Å². The van der Waals surface area contributed by atoms with Gasteiger partial charge in [-0.1, -0.05) is 19.3 Å². The van der Waals surface area contributed by atoms with Gasteiger partial charge in [-0.2, -0.15) is 5.10 Å². The quantitative estimate of drug-likeness (QED) is 0.657. The fourth-order valence-corrected chi connectivity index (χ4v) is 2.25. The minimum atomic E-state index is 0.0584. The Labute approximate surface area is 108 Å². The van der Waals surface area contributed by atoms with Gasteiger partial charge in [-0.25, -0.2) is 5.43 Å². The zero-order valence-corrected chi connectivity index (χ0v) is 10.7. The Bertz CT molecular complexity index is 422. The molecular formula is C14H19N3O. The summed E-state index contributed by atoms with van der Waals surface area (Å²) in [6, 6.07) is 3.76. The molecule has 1 aromatic heterocycles. The van der Waals surface area contributed by atoms with E-state index in [0.29, 0.717) is 0 Å². The monoisotopic (exact) mass is 245 g/mol. The normalized spacial score (nSPS) is 17.5. The molecule has 1 aromatic rings. The summed E-state index contributed by atoms with van der Waals surface area (Å²) in [7, 11) is 0. The van der Waals surface area contributed by atoms with Crippen molar-refractivity contribution in [1.82, 2.24) is 10.4 Å². The molecule has 0 atom stereocenters. The number of amides is 1. The number of hydrazone groups is 1. The Kier molecular flexibility index (Phi) is 4.45. The van der Waals surface area contributed by atoms with Gasteiger partial charge in [-0.3, -0.25) is 9.78 Å². The van der Waals surface area contributed by atoms with Gasteiger partial charge in [-0.15, -0.1) is 0 Å². The molecule has 4 heteroatoms. The molecule has 1 aliphatic carbocycles. The molecule has 2 rings (SSSR count). The summed E-state index contributed by atoms with van der Waals surface area (Å²) in [5.41, 5.74) is 4.47. The molecule has 1 heterocycles. The molecule has 1 saturated carbocycles. The highest BCUT2D eigenvalue weighted by Crippen LogP contribution is 2.23. The van der Waals surface area contributed by atoms with E-state index in [1.54, 1.807) is 12.4 Å². The van der Waals surface area contributed by atoms with Crippen LogP contribution in [0.25, 0.3) is 0 Å². The molecule has 96 valence electrons. The first-order valence-electron chi connectivity index (χ1n) is 6.52. The van der Waals surface area contributed by atoms with Gasteiger partial charge in [0.05, 0.1) is 5.71 Å². The highest BCUT2D eigenvalue weighted by atomic mass is 16.2. The third-order valence-electron chi connectivity index (χ3n) is 3.41. The van der Waals surface area contributed by atoms with Crippen molar-refractivity contribution in [2.75, 3.05) is 0 Å². The smallest absolute Gasteiger partial charge is 0.243 e. The van der Waals surface area contributed by atoms with Crippen LogP contribution in [0.1, 0.15) is 44.6 Å². The van der Waals surface area contributed by atoms with E-state index < -0.39 is 0 Å². The number of hydrogen-bond donors (Lipinski definition) is 1. The number of rotatable bonds is 3. The maximum atomic E-state index is 11.9. The van der Waals surface area contributed by atoms with Gasteiger partial charge in [0.1, 0.15) is 0 Å². The maximum Gasteiger partial charge on any atom is 0.243 e. The van der Waals surface area contributed by atoms with Gasteiger partial charge in [0.15, 0.2) is 0 Å². The summed E-state index contributed by atoms with van der Waals surface area (Å²) in [6.45, 7) is 1.89. The lowest BCUT2D eigenvalue weighted by Crippen LogP contribution is -2.29. The number of carbonyl (C=O) groups excluding carboxylic acids is 1. The van der Waals surface area contributed by atoms with Crippen molar-refractivity contribution >= 4 is 11.6 Å². The fourth-order valence-electron chi connectivity index (χ4n) is 2.25. The van der Waals surface area contributed by atoms with Crippen molar-refractivity contribution in [3.05, 3.63) is 30.1 Å². The molecule has 1 fully saturated rings. The van der Waals surface area contributed by atoms with E-state index in [0.717, 1.165) is 37.0 Å². The second kappa shape index (κ2) is 6.28. The average Bonchev–Trinajstić information content (AvgIpc) is 2.46. The predicted molar refractivity (Wildman–Crippen MR) is 71.2 cm³/mol. The number of pyridine rings is 1. The summed E-state index contributed by atoms with van der Waals surface area (Å²) in [4.78, 5) is 15.9. The molecule has 0 unspecified atom stereocenters. The molecule has 4 nitrogen and oxygen atoms in total. The lowest BCUT2D eigenvalue weighted by atomic mass is 9.89. The van der Waals surface area contributed by atoms with E-state index in [9.17, 15) is 4.79 Å². The molecule has 0 aromatic carbocycles. The predicted octanol–water partition coefficient (Wildman–Crippen LogP) is 2.50. The Morgan fingerprint density at radius 1 is 1.28 bits per heavy atom. The summed E-state index contributed by atoms with van der Waals surface area (Å²) in [5, 5.41) is 4.16. The van der Waals surface area contributed by atoms with Gasteiger partial charge < -0.3 is 0 Å². The van der Waals surface area contributed by atoms with Crippen molar-refractivity contribution in [3.8, 4) is 0 Å². The zero-order chi connectivity index (χ0) is 12.8. The molecule has 1 amide bonds. The van der Waals surface area contributed by atoms with E-state index in [2.05, 4.69) is 15.5 Å². The van der Waals surface area contributed by atoms with Crippen molar-refractivity contribution in [3.63, 3.8) is 0 Å². The topological polar surface area (TPSA) is 54.4 Å². The molecular weight excluding hydrogens is 226 g/mol. The second-order valence-electron chi connectivity index (χ2n) is 4.74. The minimum Gasteiger partial charge on any atom is -0.273 e. The zero-order valence-electron chi connectivity index (χ0n) is 10.7. The minimum absolute atomic E-state index is 0.0584.